The van der Waals surface area contributed by atoms with Crippen molar-refractivity contribution in [3.8, 4) is 22.9 Å². The van der Waals surface area contributed by atoms with Gasteiger partial charge in [-0.1, -0.05) is 109 Å². The summed E-state index contributed by atoms with van der Waals surface area (Å²) in [5.41, 5.74) is 11.2. The van der Waals surface area contributed by atoms with Gasteiger partial charge in [-0.2, -0.15) is 5.26 Å². The van der Waals surface area contributed by atoms with E-state index in [-0.39, 0.29) is 11.5 Å². The molecular formula is C44H33N3. The van der Waals surface area contributed by atoms with Crippen molar-refractivity contribution in [1.29, 1.82) is 5.26 Å². The van der Waals surface area contributed by atoms with Gasteiger partial charge in [0.15, 0.2) is 0 Å². The molecule has 2 heterocycles. The third kappa shape index (κ3) is 4.12. The van der Waals surface area contributed by atoms with Crippen LogP contribution < -0.4 is 0 Å². The van der Waals surface area contributed by atoms with Crippen LogP contribution in [0.2, 0.25) is 0 Å². The van der Waals surface area contributed by atoms with Gasteiger partial charge in [-0.15, -0.1) is 0 Å². The Bertz CT molecular complexity index is 2460. The van der Waals surface area contributed by atoms with Crippen LogP contribution >= 0.6 is 0 Å². The van der Waals surface area contributed by atoms with Gasteiger partial charge in [0.1, 0.15) is 0 Å². The van der Waals surface area contributed by atoms with Gasteiger partial charge >= 0.3 is 0 Å². The smallest absolute Gasteiger partial charge is 0.0991 e. The minimum Gasteiger partial charge on any atom is -0.334 e. The lowest BCUT2D eigenvalue weighted by molar-refractivity contribution is 0.366. The second-order valence-corrected chi connectivity index (χ2v) is 12.9. The van der Waals surface area contributed by atoms with Crippen molar-refractivity contribution >= 4 is 38.8 Å². The van der Waals surface area contributed by atoms with Crippen LogP contribution in [0.25, 0.3) is 55.6 Å². The number of hydrogen-bond donors (Lipinski definition) is 0. The summed E-state index contributed by atoms with van der Waals surface area (Å²) in [6.07, 6.45) is 15.7. The number of fused-ring (bicyclic) bond motifs is 6. The first-order valence-corrected chi connectivity index (χ1v) is 16.4. The number of para-hydroxylation sites is 3. The molecule has 7 aromatic rings. The summed E-state index contributed by atoms with van der Waals surface area (Å²) in [5, 5.41) is 13.9. The minimum absolute atomic E-state index is 0.00138. The van der Waals surface area contributed by atoms with Gasteiger partial charge in [0, 0.05) is 44.5 Å². The number of hydrogen-bond acceptors (Lipinski definition) is 1. The van der Waals surface area contributed by atoms with Gasteiger partial charge in [0.2, 0.25) is 0 Å². The summed E-state index contributed by atoms with van der Waals surface area (Å²) in [7, 11) is 0. The number of nitrogens with zero attached hydrogens (tertiary/aromatic N) is 3. The zero-order chi connectivity index (χ0) is 31.5. The Morgan fingerprint density at radius 3 is 2.23 bits per heavy atom. The average molecular weight is 604 g/mol. The first-order valence-electron chi connectivity index (χ1n) is 16.4. The molecule has 2 aliphatic carbocycles. The van der Waals surface area contributed by atoms with Crippen molar-refractivity contribution in [2.24, 2.45) is 0 Å². The highest BCUT2D eigenvalue weighted by Crippen LogP contribution is 2.48. The molecule has 0 amide bonds. The van der Waals surface area contributed by atoms with E-state index in [9.17, 15) is 5.26 Å². The first kappa shape index (κ1) is 27.5. The molecule has 0 saturated heterocycles. The highest BCUT2D eigenvalue weighted by atomic mass is 15.1. The van der Waals surface area contributed by atoms with E-state index in [4.69, 9.17) is 0 Å². The maximum Gasteiger partial charge on any atom is 0.0991 e. The fourth-order valence-electron chi connectivity index (χ4n) is 8.24. The molecule has 2 unspecified atom stereocenters. The molecule has 0 bridgehead atoms. The van der Waals surface area contributed by atoms with E-state index in [1.54, 1.807) is 0 Å². The van der Waals surface area contributed by atoms with E-state index in [1.807, 2.05) is 6.07 Å². The lowest BCUT2D eigenvalue weighted by Gasteiger charge is -2.40. The quantitative estimate of drug-likeness (QED) is 0.197. The SMILES string of the molecule is CC1(n2c3c(c4ccccc42)C=CCC3)C=CC=CC1c1cc(C#N)ccc1-c1cccc(-n2c3ccccc3c3ccccc32)c1. The van der Waals surface area contributed by atoms with E-state index in [2.05, 4.69) is 168 Å². The second-order valence-electron chi connectivity index (χ2n) is 12.9. The second kappa shape index (κ2) is 10.6. The molecule has 224 valence electrons. The number of rotatable bonds is 4. The van der Waals surface area contributed by atoms with E-state index in [1.165, 1.54) is 44.0 Å². The summed E-state index contributed by atoms with van der Waals surface area (Å²) in [6, 6.07) is 43.6. The molecule has 5 aromatic carbocycles. The fourth-order valence-corrected chi connectivity index (χ4v) is 8.24. The van der Waals surface area contributed by atoms with Crippen LogP contribution in [0.15, 0.2) is 146 Å². The van der Waals surface area contributed by atoms with Crippen LogP contribution in [0.4, 0.5) is 0 Å². The molecule has 3 heteroatoms. The van der Waals surface area contributed by atoms with E-state index >= 15 is 0 Å². The fraction of sp³-hybridized carbons (Fsp3) is 0.114. The van der Waals surface area contributed by atoms with Crippen molar-refractivity contribution in [2.75, 3.05) is 0 Å². The molecule has 0 aliphatic heterocycles. The van der Waals surface area contributed by atoms with E-state index in [0.29, 0.717) is 5.56 Å². The van der Waals surface area contributed by atoms with Crippen LogP contribution in [-0.2, 0) is 12.0 Å². The zero-order valence-electron chi connectivity index (χ0n) is 26.3. The minimum atomic E-state index is -0.389. The summed E-state index contributed by atoms with van der Waals surface area (Å²) in [4.78, 5) is 0. The van der Waals surface area contributed by atoms with E-state index < -0.39 is 0 Å². The maximum atomic E-state index is 10.1. The molecular weight excluding hydrogens is 571 g/mol. The summed E-state index contributed by atoms with van der Waals surface area (Å²) in [5.74, 6) is -0.00138. The molecule has 0 fully saturated rings. The predicted molar refractivity (Wildman–Crippen MR) is 195 cm³/mol. The third-order valence-electron chi connectivity index (χ3n) is 10.3. The van der Waals surface area contributed by atoms with Gasteiger partial charge in [-0.05, 0) is 78.9 Å². The normalized spacial score (nSPS) is 18.6. The van der Waals surface area contributed by atoms with E-state index in [0.717, 1.165) is 35.2 Å². The number of benzene rings is 5. The number of allylic oxidation sites excluding steroid dienone is 5. The van der Waals surface area contributed by atoms with Crippen LogP contribution in [0, 0.1) is 11.3 Å². The molecule has 0 spiro atoms. The number of nitriles is 1. The lowest BCUT2D eigenvalue weighted by Crippen LogP contribution is -2.37. The Hall–Kier alpha value is -5.85. The van der Waals surface area contributed by atoms with Crippen LogP contribution in [0.5, 0.6) is 0 Å². The van der Waals surface area contributed by atoms with Crippen molar-refractivity contribution in [1.82, 2.24) is 9.13 Å². The predicted octanol–water partition coefficient (Wildman–Crippen LogP) is 10.9. The Kier molecular flexibility index (Phi) is 6.20. The van der Waals surface area contributed by atoms with Crippen LogP contribution in [-0.4, -0.2) is 9.13 Å². The Morgan fingerprint density at radius 2 is 1.47 bits per heavy atom. The highest BCUT2D eigenvalue weighted by Gasteiger charge is 2.39. The molecule has 2 aromatic heterocycles. The molecule has 2 atom stereocenters. The third-order valence-corrected chi connectivity index (χ3v) is 10.3. The summed E-state index contributed by atoms with van der Waals surface area (Å²) < 4.78 is 4.96. The Labute approximate surface area is 274 Å². The van der Waals surface area contributed by atoms with Crippen molar-refractivity contribution in [2.45, 2.75) is 31.2 Å². The number of aromatic nitrogens is 2. The largest absolute Gasteiger partial charge is 0.334 e. The topological polar surface area (TPSA) is 33.6 Å². The Balaban J connectivity index is 1.25. The first-order chi connectivity index (χ1) is 23.2. The van der Waals surface area contributed by atoms with Crippen molar-refractivity contribution in [3.05, 3.63) is 168 Å². The average Bonchev–Trinajstić information content (AvgIpc) is 3.65. The molecule has 2 aliphatic rings. The maximum absolute atomic E-state index is 10.1. The monoisotopic (exact) mass is 603 g/mol. The van der Waals surface area contributed by atoms with Gasteiger partial charge in [-0.25, -0.2) is 0 Å². The van der Waals surface area contributed by atoms with Gasteiger partial charge in [0.25, 0.3) is 0 Å². The molecule has 3 nitrogen and oxygen atoms in total. The molecule has 9 rings (SSSR count). The van der Waals surface area contributed by atoms with Crippen LogP contribution in [0.3, 0.4) is 0 Å². The standard InChI is InChI=1S/C44H33N3/c1-44(47-42-22-8-4-17-36(42)37-18-5-9-23-43(37)47)26-11-10-19-39(44)38-27-30(29-45)24-25-33(38)31-13-12-14-32(28-31)46-40-20-6-2-15-34(40)35-16-3-7-21-41(35)46/h2-8,10-22,24-28,39H,9,23H2,1H3. The van der Waals surface area contributed by atoms with Crippen molar-refractivity contribution in [3.63, 3.8) is 0 Å². The van der Waals surface area contributed by atoms with Gasteiger partial charge in [-0.3, -0.25) is 0 Å². The molecule has 47 heavy (non-hydrogen) atoms. The molecule has 0 radical (unpaired) electrons. The summed E-state index contributed by atoms with van der Waals surface area (Å²) in [6.45, 7) is 2.36. The van der Waals surface area contributed by atoms with Gasteiger partial charge in [0.05, 0.1) is 28.2 Å². The van der Waals surface area contributed by atoms with Crippen LogP contribution in [0.1, 0.15) is 41.6 Å². The zero-order valence-corrected chi connectivity index (χ0v) is 26.3. The van der Waals surface area contributed by atoms with Crippen molar-refractivity contribution < 1.29 is 0 Å². The Morgan fingerprint density at radius 1 is 0.745 bits per heavy atom. The molecule has 0 saturated carbocycles. The highest BCUT2D eigenvalue weighted by molar-refractivity contribution is 6.09. The molecule has 0 N–H and O–H groups in total. The van der Waals surface area contributed by atoms with Gasteiger partial charge < -0.3 is 9.13 Å². The summed E-state index contributed by atoms with van der Waals surface area (Å²) >= 11 is 0. The lowest BCUT2D eigenvalue weighted by atomic mass is 9.74.